The van der Waals surface area contributed by atoms with E-state index < -0.39 is 42.0 Å². The van der Waals surface area contributed by atoms with Gasteiger partial charge in [0.25, 0.3) is 5.91 Å². The molecule has 2 fully saturated rings. The molecule has 0 saturated carbocycles. The first-order valence-corrected chi connectivity index (χ1v) is 7.87. The Kier molecular flexibility index (Phi) is 5.14. The Morgan fingerprint density at radius 3 is 2.65 bits per heavy atom. The summed E-state index contributed by atoms with van der Waals surface area (Å²) in [4.78, 5) is 56.7. The summed E-state index contributed by atoms with van der Waals surface area (Å²) in [5, 5.41) is 12.7. The second-order valence-corrected chi connectivity index (χ2v) is 5.69. The van der Waals surface area contributed by atoms with Crippen molar-refractivity contribution in [2.75, 3.05) is 6.61 Å². The second kappa shape index (κ2) is 7.50. The van der Waals surface area contributed by atoms with E-state index in [1.807, 2.05) is 0 Å². The van der Waals surface area contributed by atoms with Gasteiger partial charge < -0.3 is 20.0 Å². The summed E-state index contributed by atoms with van der Waals surface area (Å²) in [5.74, 6) is -3.09. The zero-order valence-corrected chi connectivity index (χ0v) is 13.5. The third-order valence-corrected chi connectivity index (χ3v) is 3.84. The maximum Gasteiger partial charge on any atom is 0.375 e. The number of rotatable bonds is 5. The van der Waals surface area contributed by atoms with Crippen LogP contribution in [0.1, 0.15) is 24.5 Å². The normalized spacial score (nSPS) is 23.5. The van der Waals surface area contributed by atoms with Crippen molar-refractivity contribution in [1.29, 1.82) is 0 Å². The van der Waals surface area contributed by atoms with E-state index in [0.717, 1.165) is 0 Å². The molecule has 0 radical (unpaired) electrons. The monoisotopic (exact) mass is 364 g/mol. The SMILES string of the molecule is O=C1CCC(C(=O)ON2OC[C@H](NC(=O)[C@H](O)c3ccccc3)C2=O)O1. The van der Waals surface area contributed by atoms with Crippen LogP contribution >= 0.6 is 0 Å². The molecule has 26 heavy (non-hydrogen) atoms. The molecule has 0 bridgehead atoms. The van der Waals surface area contributed by atoms with Crippen molar-refractivity contribution < 1.29 is 38.7 Å². The van der Waals surface area contributed by atoms with Gasteiger partial charge in [0.05, 0.1) is 0 Å². The number of hydroxylamine groups is 2. The highest BCUT2D eigenvalue weighted by molar-refractivity contribution is 5.91. The van der Waals surface area contributed by atoms with E-state index in [4.69, 9.17) is 14.4 Å². The molecule has 2 aliphatic heterocycles. The molecule has 138 valence electrons. The molecule has 3 rings (SSSR count). The third-order valence-electron chi connectivity index (χ3n) is 3.84. The van der Waals surface area contributed by atoms with E-state index in [2.05, 4.69) is 5.32 Å². The van der Waals surface area contributed by atoms with E-state index >= 15 is 0 Å². The number of hydrogen-bond acceptors (Lipinski definition) is 8. The molecule has 2 saturated heterocycles. The van der Waals surface area contributed by atoms with Crippen molar-refractivity contribution in [3.63, 3.8) is 0 Å². The molecule has 3 atom stereocenters. The number of cyclic esters (lactones) is 1. The van der Waals surface area contributed by atoms with Crippen molar-refractivity contribution in [3.05, 3.63) is 35.9 Å². The Balaban J connectivity index is 1.53. The topological polar surface area (TPSA) is 131 Å². The first kappa shape index (κ1) is 17.8. The highest BCUT2D eigenvalue weighted by Gasteiger charge is 2.41. The first-order chi connectivity index (χ1) is 12.5. The Morgan fingerprint density at radius 2 is 2.00 bits per heavy atom. The van der Waals surface area contributed by atoms with Gasteiger partial charge in [0.1, 0.15) is 12.6 Å². The van der Waals surface area contributed by atoms with Crippen LogP contribution in [0.4, 0.5) is 0 Å². The summed E-state index contributed by atoms with van der Waals surface area (Å²) in [6, 6.07) is 7.05. The number of benzene rings is 1. The van der Waals surface area contributed by atoms with Gasteiger partial charge in [-0.3, -0.25) is 14.4 Å². The first-order valence-electron chi connectivity index (χ1n) is 7.87. The zero-order valence-electron chi connectivity index (χ0n) is 13.5. The minimum absolute atomic E-state index is 0.0879. The van der Waals surface area contributed by atoms with Crippen molar-refractivity contribution in [2.24, 2.45) is 0 Å². The molecule has 10 nitrogen and oxygen atoms in total. The fraction of sp³-hybridized carbons (Fsp3) is 0.375. The Labute approximate surface area is 147 Å². The van der Waals surface area contributed by atoms with Crippen LogP contribution in [0.25, 0.3) is 0 Å². The number of aliphatic hydroxyl groups is 1. The number of carbonyl (C=O) groups excluding carboxylic acids is 4. The van der Waals surface area contributed by atoms with Gasteiger partial charge >= 0.3 is 17.8 Å². The molecular weight excluding hydrogens is 348 g/mol. The van der Waals surface area contributed by atoms with Crippen LogP contribution in [0.5, 0.6) is 0 Å². The van der Waals surface area contributed by atoms with Gasteiger partial charge in [-0.2, -0.15) is 0 Å². The summed E-state index contributed by atoms with van der Waals surface area (Å²) >= 11 is 0. The van der Waals surface area contributed by atoms with E-state index in [9.17, 15) is 24.3 Å². The van der Waals surface area contributed by atoms with Gasteiger partial charge in [0, 0.05) is 12.8 Å². The molecule has 10 heteroatoms. The average molecular weight is 364 g/mol. The quantitative estimate of drug-likeness (QED) is 0.646. The Bertz CT molecular complexity index is 722. The molecule has 1 aromatic rings. The molecule has 1 unspecified atom stereocenters. The lowest BCUT2D eigenvalue weighted by Crippen LogP contribution is -2.45. The van der Waals surface area contributed by atoms with Gasteiger partial charge in [-0.15, -0.1) is 0 Å². The summed E-state index contributed by atoms with van der Waals surface area (Å²) in [7, 11) is 0. The Morgan fingerprint density at radius 1 is 1.27 bits per heavy atom. The number of hydrogen-bond donors (Lipinski definition) is 2. The standard InChI is InChI=1S/C16H16N2O8/c19-12-7-6-11(25-12)16(23)26-18-15(22)10(8-24-18)17-14(21)13(20)9-4-2-1-3-5-9/h1-5,10-11,13,20H,6-8H2,(H,17,21)/t10-,11?,13+/m0/s1. The van der Waals surface area contributed by atoms with E-state index in [0.29, 0.717) is 10.8 Å². The molecule has 2 aliphatic rings. The molecule has 1 aromatic carbocycles. The summed E-state index contributed by atoms with van der Waals surface area (Å²) in [6.07, 6.45) is -2.31. The minimum Gasteiger partial charge on any atom is -0.450 e. The van der Waals surface area contributed by atoms with Crippen LogP contribution in [-0.2, 0) is 33.6 Å². The number of ether oxygens (including phenoxy) is 1. The number of esters is 1. The van der Waals surface area contributed by atoms with Crippen LogP contribution in [0.2, 0.25) is 0 Å². The van der Waals surface area contributed by atoms with Gasteiger partial charge in [0.2, 0.25) is 6.10 Å². The van der Waals surface area contributed by atoms with Crippen molar-refractivity contribution >= 4 is 23.8 Å². The van der Waals surface area contributed by atoms with Crippen molar-refractivity contribution in [2.45, 2.75) is 31.1 Å². The Hall–Kier alpha value is -2.98. The number of nitrogens with one attached hydrogen (secondary N) is 1. The summed E-state index contributed by atoms with van der Waals surface area (Å²) in [6.45, 7) is -0.274. The fourth-order valence-electron chi connectivity index (χ4n) is 2.45. The van der Waals surface area contributed by atoms with Crippen LogP contribution in [0.3, 0.4) is 0 Å². The third kappa shape index (κ3) is 3.81. The molecule has 2 N–H and O–H groups in total. The van der Waals surface area contributed by atoms with E-state index in [-0.39, 0.29) is 19.4 Å². The molecular formula is C16H16N2O8. The van der Waals surface area contributed by atoms with Crippen molar-refractivity contribution in [1.82, 2.24) is 10.5 Å². The maximum atomic E-state index is 12.1. The number of amides is 2. The summed E-state index contributed by atoms with van der Waals surface area (Å²) in [5.41, 5.74) is 0.364. The van der Waals surface area contributed by atoms with E-state index in [1.165, 1.54) is 0 Å². The average Bonchev–Trinajstić information content (AvgIpc) is 3.22. The van der Waals surface area contributed by atoms with Gasteiger partial charge in [0.15, 0.2) is 6.10 Å². The van der Waals surface area contributed by atoms with Crippen LogP contribution in [0.15, 0.2) is 30.3 Å². The van der Waals surface area contributed by atoms with E-state index in [1.54, 1.807) is 30.3 Å². The maximum absolute atomic E-state index is 12.1. The zero-order chi connectivity index (χ0) is 18.7. The van der Waals surface area contributed by atoms with Gasteiger partial charge in [-0.1, -0.05) is 30.3 Å². The number of aliphatic hydroxyl groups excluding tert-OH is 1. The van der Waals surface area contributed by atoms with Gasteiger partial charge in [-0.25, -0.2) is 9.63 Å². The van der Waals surface area contributed by atoms with Crippen LogP contribution in [0, 0.1) is 0 Å². The molecule has 0 aromatic heterocycles. The predicted molar refractivity (Wildman–Crippen MR) is 81.3 cm³/mol. The minimum atomic E-state index is -1.46. The lowest BCUT2D eigenvalue weighted by atomic mass is 10.1. The molecule has 2 heterocycles. The molecule has 0 spiro atoms. The van der Waals surface area contributed by atoms with Crippen LogP contribution < -0.4 is 5.32 Å². The second-order valence-electron chi connectivity index (χ2n) is 5.69. The number of nitrogens with zero attached hydrogens (tertiary/aromatic N) is 1. The predicted octanol–water partition coefficient (Wildman–Crippen LogP) is -0.858. The highest BCUT2D eigenvalue weighted by atomic mass is 17.0. The van der Waals surface area contributed by atoms with Crippen molar-refractivity contribution in [3.8, 4) is 0 Å². The smallest absolute Gasteiger partial charge is 0.375 e. The lowest BCUT2D eigenvalue weighted by Gasteiger charge is -2.16. The molecule has 0 aliphatic carbocycles. The summed E-state index contributed by atoms with van der Waals surface area (Å²) < 4.78 is 4.73. The number of carbonyl (C=O) groups is 4. The lowest BCUT2D eigenvalue weighted by molar-refractivity contribution is -0.306. The van der Waals surface area contributed by atoms with Gasteiger partial charge in [-0.05, 0) is 10.8 Å². The largest absolute Gasteiger partial charge is 0.450 e. The van der Waals surface area contributed by atoms with Crippen LogP contribution in [-0.4, -0.2) is 52.8 Å². The molecule has 2 amide bonds. The highest BCUT2D eigenvalue weighted by Crippen LogP contribution is 2.18. The fourth-order valence-corrected chi connectivity index (χ4v) is 2.45.